The van der Waals surface area contributed by atoms with Gasteiger partial charge in [0, 0.05) is 6.54 Å². The standard InChI is InChI=1S/C13H20N2O5S/c1-3-4-9-15(10-13(16)14-17)21(18,19)12-8-6-5-7-11(12)20-2/h5-8,17H,3-4,9-10H2,1-2H3,(H,14,16). The molecule has 0 heterocycles. The molecule has 1 amide bonds. The maximum Gasteiger partial charge on any atom is 0.258 e. The van der Waals surface area contributed by atoms with Crippen LogP contribution in [0.3, 0.4) is 0 Å². The number of hydrogen-bond donors (Lipinski definition) is 2. The van der Waals surface area contributed by atoms with Gasteiger partial charge in [0.15, 0.2) is 0 Å². The maximum atomic E-state index is 12.7. The molecule has 1 aromatic carbocycles. The molecule has 0 aliphatic rings. The van der Waals surface area contributed by atoms with E-state index < -0.39 is 22.5 Å². The summed E-state index contributed by atoms with van der Waals surface area (Å²) in [6.07, 6.45) is 1.38. The van der Waals surface area contributed by atoms with Gasteiger partial charge >= 0.3 is 0 Å². The molecule has 0 aromatic heterocycles. The van der Waals surface area contributed by atoms with E-state index in [1.165, 1.54) is 24.7 Å². The maximum absolute atomic E-state index is 12.7. The number of rotatable bonds is 8. The Hall–Kier alpha value is -1.64. The molecular weight excluding hydrogens is 296 g/mol. The zero-order valence-corrected chi connectivity index (χ0v) is 12.9. The van der Waals surface area contributed by atoms with Gasteiger partial charge in [0.2, 0.25) is 10.0 Å². The van der Waals surface area contributed by atoms with Crippen molar-refractivity contribution in [3.05, 3.63) is 24.3 Å². The second kappa shape index (κ2) is 7.96. The van der Waals surface area contributed by atoms with Gasteiger partial charge in [0.05, 0.1) is 13.7 Å². The Morgan fingerprint density at radius 3 is 2.62 bits per heavy atom. The Morgan fingerprint density at radius 2 is 2.05 bits per heavy atom. The lowest BCUT2D eigenvalue weighted by Gasteiger charge is -2.22. The topological polar surface area (TPSA) is 95.9 Å². The van der Waals surface area contributed by atoms with Crippen molar-refractivity contribution in [1.29, 1.82) is 0 Å². The summed E-state index contributed by atoms with van der Waals surface area (Å²) in [6, 6.07) is 6.20. The van der Waals surface area contributed by atoms with Crippen molar-refractivity contribution in [2.75, 3.05) is 20.2 Å². The number of nitrogens with zero attached hydrogens (tertiary/aromatic N) is 1. The minimum Gasteiger partial charge on any atom is -0.495 e. The third kappa shape index (κ3) is 4.42. The minimum atomic E-state index is -3.88. The number of ether oxygens (including phenoxy) is 1. The molecule has 0 saturated heterocycles. The highest BCUT2D eigenvalue weighted by Crippen LogP contribution is 2.26. The summed E-state index contributed by atoms with van der Waals surface area (Å²) in [5, 5.41) is 8.60. The molecule has 2 N–H and O–H groups in total. The third-order valence-electron chi connectivity index (χ3n) is 2.89. The lowest BCUT2D eigenvalue weighted by Crippen LogP contribution is -2.40. The van der Waals surface area contributed by atoms with E-state index in [1.807, 2.05) is 6.92 Å². The predicted molar refractivity (Wildman–Crippen MR) is 76.6 cm³/mol. The number of hydroxylamine groups is 1. The fourth-order valence-corrected chi connectivity index (χ4v) is 3.38. The minimum absolute atomic E-state index is 0.00524. The Labute approximate surface area is 124 Å². The van der Waals surface area contributed by atoms with E-state index in [4.69, 9.17) is 9.94 Å². The molecule has 0 fully saturated rings. The number of unbranched alkanes of at least 4 members (excludes halogenated alkanes) is 1. The van der Waals surface area contributed by atoms with E-state index in [2.05, 4.69) is 0 Å². The molecule has 0 unspecified atom stereocenters. The zero-order valence-electron chi connectivity index (χ0n) is 12.1. The zero-order chi connectivity index (χ0) is 15.9. The van der Waals surface area contributed by atoms with Crippen LogP contribution in [0.5, 0.6) is 5.75 Å². The van der Waals surface area contributed by atoms with Crippen molar-refractivity contribution in [2.24, 2.45) is 0 Å². The second-order valence-corrected chi connectivity index (χ2v) is 6.28. The molecule has 21 heavy (non-hydrogen) atoms. The molecule has 0 saturated carbocycles. The highest BCUT2D eigenvalue weighted by molar-refractivity contribution is 7.89. The summed E-state index contributed by atoms with van der Waals surface area (Å²) < 4.78 is 31.4. The van der Waals surface area contributed by atoms with Crippen molar-refractivity contribution >= 4 is 15.9 Å². The number of carbonyl (C=O) groups excluding carboxylic acids is 1. The van der Waals surface area contributed by atoms with Crippen LogP contribution in [0.25, 0.3) is 0 Å². The third-order valence-corrected chi connectivity index (χ3v) is 4.78. The van der Waals surface area contributed by atoms with E-state index in [0.717, 1.165) is 10.7 Å². The number of nitrogens with one attached hydrogen (secondary N) is 1. The van der Waals surface area contributed by atoms with Gasteiger partial charge in [-0.05, 0) is 18.6 Å². The largest absolute Gasteiger partial charge is 0.495 e. The van der Waals surface area contributed by atoms with Crippen molar-refractivity contribution in [3.63, 3.8) is 0 Å². The summed E-state index contributed by atoms with van der Waals surface area (Å²) in [7, 11) is -2.50. The summed E-state index contributed by atoms with van der Waals surface area (Å²) in [5.41, 5.74) is 1.45. The van der Waals surface area contributed by atoms with Gasteiger partial charge in [0.25, 0.3) is 5.91 Å². The van der Waals surface area contributed by atoms with Crippen LogP contribution in [0.1, 0.15) is 19.8 Å². The predicted octanol–water partition coefficient (Wildman–Crippen LogP) is 0.991. The summed E-state index contributed by atoms with van der Waals surface area (Å²) >= 11 is 0. The first-order valence-electron chi connectivity index (χ1n) is 6.53. The molecule has 118 valence electrons. The molecule has 0 spiro atoms. The highest BCUT2D eigenvalue weighted by Gasteiger charge is 2.28. The first-order valence-corrected chi connectivity index (χ1v) is 7.97. The smallest absolute Gasteiger partial charge is 0.258 e. The van der Waals surface area contributed by atoms with E-state index in [-0.39, 0.29) is 17.2 Å². The number of hydrogen-bond acceptors (Lipinski definition) is 5. The normalized spacial score (nSPS) is 11.4. The summed E-state index contributed by atoms with van der Waals surface area (Å²) in [6.45, 7) is 1.65. The van der Waals surface area contributed by atoms with Crippen LogP contribution in [0, 0.1) is 0 Å². The Bertz CT molecular complexity index is 574. The van der Waals surface area contributed by atoms with Gasteiger partial charge in [-0.2, -0.15) is 4.31 Å². The molecule has 0 radical (unpaired) electrons. The monoisotopic (exact) mass is 316 g/mol. The molecule has 1 rings (SSSR count). The van der Waals surface area contributed by atoms with Gasteiger partial charge in [-0.25, -0.2) is 13.9 Å². The van der Waals surface area contributed by atoms with Crippen LogP contribution in [0.2, 0.25) is 0 Å². The van der Waals surface area contributed by atoms with Crippen molar-refractivity contribution in [3.8, 4) is 5.75 Å². The lowest BCUT2D eigenvalue weighted by molar-refractivity contribution is -0.129. The van der Waals surface area contributed by atoms with E-state index in [9.17, 15) is 13.2 Å². The van der Waals surface area contributed by atoms with Gasteiger partial charge in [-0.15, -0.1) is 0 Å². The van der Waals surface area contributed by atoms with Crippen LogP contribution in [0.4, 0.5) is 0 Å². The van der Waals surface area contributed by atoms with Gasteiger partial charge in [-0.3, -0.25) is 10.0 Å². The Balaban J connectivity index is 3.16. The van der Waals surface area contributed by atoms with Crippen LogP contribution in [-0.4, -0.2) is 44.0 Å². The van der Waals surface area contributed by atoms with Gasteiger partial charge < -0.3 is 4.74 Å². The molecule has 0 aliphatic heterocycles. The first kappa shape index (κ1) is 17.4. The van der Waals surface area contributed by atoms with Crippen LogP contribution in [0.15, 0.2) is 29.2 Å². The van der Waals surface area contributed by atoms with Crippen molar-refractivity contribution in [1.82, 2.24) is 9.79 Å². The van der Waals surface area contributed by atoms with E-state index in [0.29, 0.717) is 6.42 Å². The first-order chi connectivity index (χ1) is 9.97. The number of carbonyl (C=O) groups is 1. The quantitative estimate of drug-likeness (QED) is 0.551. The number of sulfonamides is 1. The van der Waals surface area contributed by atoms with Crippen LogP contribution >= 0.6 is 0 Å². The summed E-state index contributed by atoms with van der Waals surface area (Å²) in [4.78, 5) is 11.3. The Morgan fingerprint density at radius 1 is 1.38 bits per heavy atom. The summed E-state index contributed by atoms with van der Waals surface area (Å²) in [5.74, 6) is -0.576. The van der Waals surface area contributed by atoms with Crippen LogP contribution in [-0.2, 0) is 14.8 Å². The van der Waals surface area contributed by atoms with E-state index >= 15 is 0 Å². The number of benzene rings is 1. The SMILES string of the molecule is CCCCN(CC(=O)NO)S(=O)(=O)c1ccccc1OC. The van der Waals surface area contributed by atoms with Gasteiger partial charge in [0.1, 0.15) is 10.6 Å². The molecule has 0 aliphatic carbocycles. The fraction of sp³-hybridized carbons (Fsp3) is 0.462. The number of amides is 1. The number of para-hydroxylation sites is 1. The van der Waals surface area contributed by atoms with E-state index in [1.54, 1.807) is 12.1 Å². The molecular formula is C13H20N2O5S. The molecule has 0 bridgehead atoms. The van der Waals surface area contributed by atoms with Crippen molar-refractivity contribution in [2.45, 2.75) is 24.7 Å². The Kier molecular flexibility index (Phi) is 6.60. The van der Waals surface area contributed by atoms with Crippen molar-refractivity contribution < 1.29 is 23.2 Å². The van der Waals surface area contributed by atoms with Crippen LogP contribution < -0.4 is 10.2 Å². The fourth-order valence-electron chi connectivity index (χ4n) is 1.79. The number of methoxy groups -OCH3 is 1. The molecule has 1 aromatic rings. The molecule has 0 atom stereocenters. The van der Waals surface area contributed by atoms with Gasteiger partial charge in [-0.1, -0.05) is 25.5 Å². The molecule has 8 heteroatoms. The second-order valence-electron chi connectivity index (χ2n) is 4.38. The lowest BCUT2D eigenvalue weighted by atomic mass is 10.3. The average molecular weight is 316 g/mol. The molecule has 7 nitrogen and oxygen atoms in total. The highest BCUT2D eigenvalue weighted by atomic mass is 32.2. The average Bonchev–Trinajstić information content (AvgIpc) is 2.50.